The number of thiazole rings is 1. The molecule has 0 fully saturated rings. The van der Waals surface area contributed by atoms with Gasteiger partial charge in [0.2, 0.25) is 0 Å². The molecule has 0 aliphatic heterocycles. The number of hydrogen-bond acceptors (Lipinski definition) is 8. The number of amides is 2. The number of hydrogen-bond donors (Lipinski definition) is 3. The largest absolute Gasteiger partial charge is 0.444 e. The highest BCUT2D eigenvalue weighted by Crippen LogP contribution is 2.25. The summed E-state index contributed by atoms with van der Waals surface area (Å²) in [5.41, 5.74) is 3.00. The second kappa shape index (κ2) is 12.4. The molecule has 1 unspecified atom stereocenters. The van der Waals surface area contributed by atoms with E-state index in [0.29, 0.717) is 23.5 Å². The Hall–Kier alpha value is -4.14. The van der Waals surface area contributed by atoms with Crippen molar-refractivity contribution in [1.82, 2.24) is 15.6 Å². The lowest BCUT2D eigenvalue weighted by molar-refractivity contribution is 0.0516. The van der Waals surface area contributed by atoms with Gasteiger partial charge in [-0.15, -0.1) is 11.3 Å². The summed E-state index contributed by atoms with van der Waals surface area (Å²) in [7, 11) is 3.70. The molecule has 0 radical (unpaired) electrons. The van der Waals surface area contributed by atoms with E-state index in [9.17, 15) is 14.4 Å². The van der Waals surface area contributed by atoms with Crippen LogP contribution in [0.15, 0.2) is 59.7 Å². The van der Waals surface area contributed by atoms with E-state index in [0.717, 1.165) is 16.1 Å². The van der Waals surface area contributed by atoms with E-state index in [2.05, 4.69) is 20.9 Å². The first-order valence-corrected chi connectivity index (χ1v) is 12.9. The molecule has 0 saturated carbocycles. The molecular weight excluding hydrogens is 502 g/mol. The molecule has 3 N–H and O–H groups in total. The Labute approximate surface area is 226 Å². The van der Waals surface area contributed by atoms with Gasteiger partial charge in [0, 0.05) is 49.2 Å². The zero-order chi connectivity index (χ0) is 27.9. The number of nitrogens with one attached hydrogen (secondary N) is 3. The molecule has 2 aromatic carbocycles. The fourth-order valence-electron chi connectivity index (χ4n) is 3.58. The number of anilines is 2. The number of carbonyl (C=O) groups is 2. The van der Waals surface area contributed by atoms with Crippen molar-refractivity contribution < 1.29 is 19.1 Å². The predicted molar refractivity (Wildman–Crippen MR) is 151 cm³/mol. The van der Waals surface area contributed by atoms with Crippen molar-refractivity contribution in [3.05, 3.63) is 70.9 Å². The normalized spacial score (nSPS) is 11.6. The summed E-state index contributed by atoms with van der Waals surface area (Å²) in [6, 6.07) is 12.4. The molecule has 3 rings (SSSR count). The zero-order valence-corrected chi connectivity index (χ0v) is 23.2. The third-order valence-corrected chi connectivity index (χ3v) is 6.16. The molecule has 3 aromatic rings. The Balaban J connectivity index is 1.74. The average molecular weight is 536 g/mol. The molecule has 0 aliphatic carbocycles. The van der Waals surface area contributed by atoms with Gasteiger partial charge in [0.25, 0.3) is 5.91 Å². The molecule has 1 atom stereocenters. The van der Waals surface area contributed by atoms with Crippen molar-refractivity contribution in [1.29, 1.82) is 0 Å². The van der Waals surface area contributed by atoms with E-state index in [1.165, 1.54) is 0 Å². The van der Waals surface area contributed by atoms with E-state index < -0.39 is 17.7 Å². The zero-order valence-electron chi connectivity index (χ0n) is 22.4. The molecule has 0 bridgehead atoms. The summed E-state index contributed by atoms with van der Waals surface area (Å²) in [6.45, 7) is 7.23. The van der Waals surface area contributed by atoms with Crippen LogP contribution in [0.2, 0.25) is 0 Å². The SMILES string of the molecule is CC(NC(=O)OC(C)(C)C)C(=C=O)Nc1ccc(N(C)C)c(C(=O)NCc2cccc(-c3nccs3)c2)c1. The van der Waals surface area contributed by atoms with E-state index in [-0.39, 0.29) is 11.6 Å². The van der Waals surface area contributed by atoms with Gasteiger partial charge in [0.05, 0.1) is 11.6 Å². The summed E-state index contributed by atoms with van der Waals surface area (Å²) < 4.78 is 5.26. The number of ether oxygens (including phenoxy) is 1. The molecule has 38 heavy (non-hydrogen) atoms. The summed E-state index contributed by atoms with van der Waals surface area (Å²) >= 11 is 1.56. The van der Waals surface area contributed by atoms with Gasteiger partial charge in [-0.05, 0) is 57.5 Å². The average Bonchev–Trinajstić information content (AvgIpc) is 3.39. The van der Waals surface area contributed by atoms with E-state index in [4.69, 9.17) is 4.74 Å². The molecule has 0 spiro atoms. The number of alkyl carbamates (subject to hydrolysis) is 1. The summed E-state index contributed by atoms with van der Waals surface area (Å²) in [6.07, 6.45) is 1.11. The highest BCUT2D eigenvalue weighted by molar-refractivity contribution is 7.13. The minimum absolute atomic E-state index is 0.0961. The van der Waals surface area contributed by atoms with Crippen LogP contribution in [0.5, 0.6) is 0 Å². The first-order chi connectivity index (χ1) is 18.0. The van der Waals surface area contributed by atoms with Crippen LogP contribution in [0.4, 0.5) is 16.2 Å². The minimum atomic E-state index is -0.696. The molecular formula is C28H33N5O4S. The number of benzene rings is 2. The molecule has 1 aromatic heterocycles. The van der Waals surface area contributed by atoms with Crippen molar-refractivity contribution in [2.75, 3.05) is 24.3 Å². The monoisotopic (exact) mass is 535 g/mol. The molecule has 9 nitrogen and oxygen atoms in total. The Kier molecular flexibility index (Phi) is 9.28. The first kappa shape index (κ1) is 28.4. The molecule has 0 saturated heterocycles. The number of rotatable bonds is 9. The van der Waals surface area contributed by atoms with Crippen LogP contribution in [0, 0.1) is 0 Å². The predicted octanol–water partition coefficient (Wildman–Crippen LogP) is 4.85. The summed E-state index contributed by atoms with van der Waals surface area (Å²) in [5.74, 6) is 1.57. The van der Waals surface area contributed by atoms with Gasteiger partial charge in [-0.3, -0.25) is 4.79 Å². The Morgan fingerprint density at radius 2 is 1.92 bits per heavy atom. The Morgan fingerprint density at radius 3 is 2.55 bits per heavy atom. The highest BCUT2D eigenvalue weighted by atomic mass is 32.1. The van der Waals surface area contributed by atoms with Crippen LogP contribution in [0.25, 0.3) is 10.6 Å². The lowest BCUT2D eigenvalue weighted by Gasteiger charge is -2.23. The fourth-order valence-corrected chi connectivity index (χ4v) is 4.21. The van der Waals surface area contributed by atoms with Gasteiger partial charge in [-0.25, -0.2) is 14.6 Å². The molecule has 200 valence electrons. The number of aromatic nitrogens is 1. The third kappa shape index (κ3) is 7.93. The molecule has 1 heterocycles. The lowest BCUT2D eigenvalue weighted by Crippen LogP contribution is -2.40. The topological polar surface area (TPSA) is 113 Å². The maximum atomic E-state index is 13.2. The first-order valence-electron chi connectivity index (χ1n) is 12.1. The Bertz CT molecular complexity index is 1330. The highest BCUT2D eigenvalue weighted by Gasteiger charge is 2.21. The summed E-state index contributed by atoms with van der Waals surface area (Å²) in [4.78, 5) is 43.2. The van der Waals surface area contributed by atoms with Crippen LogP contribution < -0.4 is 20.9 Å². The third-order valence-electron chi connectivity index (χ3n) is 5.34. The second-order valence-corrected chi connectivity index (χ2v) is 10.7. The van der Waals surface area contributed by atoms with Crippen LogP contribution >= 0.6 is 11.3 Å². The summed E-state index contributed by atoms with van der Waals surface area (Å²) in [5, 5.41) is 11.4. The maximum absolute atomic E-state index is 13.2. The van der Waals surface area contributed by atoms with Crippen LogP contribution in [-0.4, -0.2) is 48.7 Å². The van der Waals surface area contributed by atoms with E-state index >= 15 is 0 Å². The van der Waals surface area contributed by atoms with Gasteiger partial charge in [0.1, 0.15) is 22.2 Å². The quantitative estimate of drug-likeness (QED) is 0.336. The van der Waals surface area contributed by atoms with E-state index in [1.807, 2.05) is 54.6 Å². The van der Waals surface area contributed by atoms with Crippen molar-refractivity contribution in [2.45, 2.75) is 45.9 Å². The smallest absolute Gasteiger partial charge is 0.408 e. The van der Waals surface area contributed by atoms with Crippen molar-refractivity contribution in [2.24, 2.45) is 0 Å². The van der Waals surface area contributed by atoms with Gasteiger partial charge >= 0.3 is 6.09 Å². The number of carbonyl (C=O) groups excluding carboxylic acids is 3. The van der Waals surface area contributed by atoms with Crippen molar-refractivity contribution in [3.63, 3.8) is 0 Å². The van der Waals surface area contributed by atoms with Gasteiger partial charge < -0.3 is 25.6 Å². The molecule has 2 amide bonds. The van der Waals surface area contributed by atoms with Crippen molar-refractivity contribution in [3.8, 4) is 10.6 Å². The van der Waals surface area contributed by atoms with E-state index in [1.54, 1.807) is 63.4 Å². The van der Waals surface area contributed by atoms with Crippen LogP contribution in [-0.2, 0) is 16.1 Å². The van der Waals surface area contributed by atoms with Gasteiger partial charge in [-0.1, -0.05) is 18.2 Å². The maximum Gasteiger partial charge on any atom is 0.408 e. The van der Waals surface area contributed by atoms with Crippen LogP contribution in [0.3, 0.4) is 0 Å². The van der Waals surface area contributed by atoms with Gasteiger partial charge in [-0.2, -0.15) is 0 Å². The molecule has 0 aliphatic rings. The Morgan fingerprint density at radius 1 is 1.16 bits per heavy atom. The number of nitrogens with zero attached hydrogens (tertiary/aromatic N) is 2. The fraction of sp³-hybridized carbons (Fsp3) is 0.321. The second-order valence-electron chi connectivity index (χ2n) is 9.86. The van der Waals surface area contributed by atoms with Crippen molar-refractivity contribution >= 4 is 40.7 Å². The standard InChI is InChI=1S/C28H33N5O4S/c1-18(31-27(36)37-28(2,3)4)23(17-34)32-21-10-11-24(33(5)6)22(15-21)25(35)30-16-19-8-7-9-20(14-19)26-29-12-13-38-26/h7-15,18,32H,16H2,1-6H3,(H,30,35)(H,31,36). The molecule has 10 heteroatoms. The minimum Gasteiger partial charge on any atom is -0.444 e. The van der Waals surface area contributed by atoms with Crippen LogP contribution in [0.1, 0.15) is 43.6 Å². The van der Waals surface area contributed by atoms with Gasteiger partial charge in [0.15, 0.2) is 0 Å². The lowest BCUT2D eigenvalue weighted by atomic mass is 10.1.